The van der Waals surface area contributed by atoms with E-state index in [0.717, 1.165) is 50.4 Å². The van der Waals surface area contributed by atoms with Gasteiger partial charge in [-0.3, -0.25) is 14.0 Å². The molecule has 5 aromatic rings. The molecule has 208 valence electrons. The molecule has 3 aromatic heterocycles. The van der Waals surface area contributed by atoms with E-state index in [9.17, 15) is 9.59 Å². The molecular formula is C29H26Cl2N8O2. The summed E-state index contributed by atoms with van der Waals surface area (Å²) in [5.41, 5.74) is 2.68. The minimum Gasteiger partial charge on any atom is -0.371 e. The maximum atomic E-state index is 13.6. The van der Waals surface area contributed by atoms with Crippen LogP contribution in [0.2, 0.25) is 10.0 Å². The zero-order valence-electron chi connectivity index (χ0n) is 22.2. The number of hydrogen-bond donors (Lipinski definition) is 1. The molecule has 10 nitrogen and oxygen atoms in total. The summed E-state index contributed by atoms with van der Waals surface area (Å²) in [6, 6.07) is 13.2. The summed E-state index contributed by atoms with van der Waals surface area (Å²) in [6.07, 6.45) is 7.01. The maximum absolute atomic E-state index is 13.6. The van der Waals surface area contributed by atoms with Crippen molar-refractivity contribution in [2.75, 3.05) is 36.4 Å². The third-order valence-corrected chi connectivity index (χ3v) is 8.83. The van der Waals surface area contributed by atoms with Crippen molar-refractivity contribution in [3.8, 4) is 5.69 Å². The van der Waals surface area contributed by atoms with Crippen molar-refractivity contribution in [1.82, 2.24) is 28.8 Å². The maximum Gasteiger partial charge on any atom is 0.270 e. The minimum absolute atomic E-state index is 0.171. The van der Waals surface area contributed by atoms with Crippen LogP contribution in [0.3, 0.4) is 0 Å². The molecule has 1 N–H and O–H groups in total. The third-order valence-electron chi connectivity index (χ3n) is 8.22. The van der Waals surface area contributed by atoms with Crippen LogP contribution in [0.4, 0.5) is 17.3 Å². The molecule has 12 heteroatoms. The summed E-state index contributed by atoms with van der Waals surface area (Å²) < 4.78 is 3.10. The lowest BCUT2D eigenvalue weighted by Crippen LogP contribution is -2.61. The lowest BCUT2D eigenvalue weighted by molar-refractivity contribution is -0.142. The summed E-state index contributed by atoms with van der Waals surface area (Å²) in [5, 5.41) is 4.21. The number of nitrogens with one attached hydrogen (secondary N) is 1. The Hall–Kier alpha value is -4.15. The average Bonchev–Trinajstić information content (AvgIpc) is 3.44. The molecule has 0 bridgehead atoms. The Labute approximate surface area is 245 Å². The third kappa shape index (κ3) is 4.38. The highest BCUT2D eigenvalue weighted by molar-refractivity contribution is 6.37. The highest BCUT2D eigenvalue weighted by Gasteiger charge is 2.45. The van der Waals surface area contributed by atoms with Gasteiger partial charge in [-0.05, 0) is 49.2 Å². The number of piperidine rings is 1. The smallest absolute Gasteiger partial charge is 0.270 e. The lowest BCUT2D eigenvalue weighted by atomic mass is 9.72. The second-order valence-corrected chi connectivity index (χ2v) is 11.6. The number of aromatic nitrogens is 5. The van der Waals surface area contributed by atoms with Gasteiger partial charge in [0.05, 0.1) is 15.7 Å². The van der Waals surface area contributed by atoms with E-state index in [1.54, 1.807) is 41.9 Å². The van der Waals surface area contributed by atoms with Gasteiger partial charge in [0.25, 0.3) is 5.56 Å². The van der Waals surface area contributed by atoms with Crippen LogP contribution >= 0.6 is 23.2 Å². The number of para-hydroxylation sites is 1. The Morgan fingerprint density at radius 2 is 1.71 bits per heavy atom. The van der Waals surface area contributed by atoms with Crippen LogP contribution in [0.1, 0.15) is 19.8 Å². The molecule has 5 heterocycles. The molecule has 0 radical (unpaired) electrons. The van der Waals surface area contributed by atoms with E-state index < -0.39 is 0 Å². The normalized spacial score (nSPS) is 16.4. The van der Waals surface area contributed by atoms with E-state index in [-0.39, 0.29) is 11.5 Å². The molecule has 2 aliphatic heterocycles. The van der Waals surface area contributed by atoms with Crippen molar-refractivity contribution >= 4 is 63.2 Å². The number of carbonyl (C=O) groups excluding carboxylic acids is 1. The van der Waals surface area contributed by atoms with Gasteiger partial charge in [0.1, 0.15) is 5.39 Å². The molecule has 1 amide bonds. The van der Waals surface area contributed by atoms with Crippen LogP contribution in [0, 0.1) is 5.41 Å². The highest BCUT2D eigenvalue weighted by Crippen LogP contribution is 2.41. The molecule has 0 aliphatic carbocycles. The van der Waals surface area contributed by atoms with E-state index in [1.165, 1.54) is 10.8 Å². The van der Waals surface area contributed by atoms with Gasteiger partial charge in [0.15, 0.2) is 5.65 Å². The second kappa shape index (κ2) is 9.74. The summed E-state index contributed by atoms with van der Waals surface area (Å²) in [4.78, 5) is 43.0. The first-order valence-electron chi connectivity index (χ1n) is 13.4. The molecule has 2 saturated heterocycles. The van der Waals surface area contributed by atoms with Gasteiger partial charge < -0.3 is 15.1 Å². The highest BCUT2D eigenvalue weighted by atomic mass is 35.5. The Morgan fingerprint density at radius 3 is 2.39 bits per heavy atom. The molecular weight excluding hydrogens is 563 g/mol. The first kappa shape index (κ1) is 25.8. The summed E-state index contributed by atoms with van der Waals surface area (Å²) >= 11 is 12.9. The average molecular weight is 589 g/mol. The Kier molecular flexibility index (Phi) is 6.13. The summed E-state index contributed by atoms with van der Waals surface area (Å²) in [7, 11) is 0. The number of halogens is 2. The number of likely N-dealkylation sites (tertiary alicyclic amines) is 1. The van der Waals surface area contributed by atoms with Gasteiger partial charge in [-0.1, -0.05) is 29.3 Å². The number of carbonyl (C=O) groups is 1. The van der Waals surface area contributed by atoms with Crippen LogP contribution in [-0.2, 0) is 4.79 Å². The SMILES string of the molecule is CC(=O)N1CC2(CCN(c3ccc(Nc4ncc5c(=O)n(-c6c(Cl)cccc6Cl)c6nccn6c5n4)cc3)CC2)C1. The zero-order valence-corrected chi connectivity index (χ0v) is 23.7. The van der Waals surface area contributed by atoms with Crippen LogP contribution < -0.4 is 15.8 Å². The fourth-order valence-corrected chi connectivity index (χ4v) is 6.50. The van der Waals surface area contributed by atoms with Crippen LogP contribution in [0.25, 0.3) is 22.5 Å². The Balaban J connectivity index is 1.12. The zero-order chi connectivity index (χ0) is 28.3. The standard InChI is InChI=1S/C29H26Cl2N8O2/c1-18(40)37-16-29(17-37)9-12-36(13-10-29)20-7-5-19(6-8-20)34-27-33-15-21-25(35-27)38-14-11-32-28(38)39(26(21)41)24-22(30)3-2-4-23(24)31/h2-8,11,14-15H,9-10,12-13,16-17H2,1H3,(H,33,34,35). The van der Waals surface area contributed by atoms with Crippen LogP contribution in [0.15, 0.2) is 65.8 Å². The van der Waals surface area contributed by atoms with Crippen molar-refractivity contribution in [1.29, 1.82) is 0 Å². The van der Waals surface area contributed by atoms with E-state index in [1.807, 2.05) is 17.0 Å². The molecule has 2 fully saturated rings. The number of fused-ring (bicyclic) bond motifs is 3. The monoisotopic (exact) mass is 588 g/mol. The van der Waals surface area contributed by atoms with E-state index in [0.29, 0.717) is 43.9 Å². The van der Waals surface area contributed by atoms with Crippen molar-refractivity contribution in [3.05, 3.63) is 81.5 Å². The van der Waals surface area contributed by atoms with Gasteiger partial charge in [-0.2, -0.15) is 4.98 Å². The van der Waals surface area contributed by atoms with Crippen molar-refractivity contribution in [2.45, 2.75) is 19.8 Å². The van der Waals surface area contributed by atoms with Gasteiger partial charge >= 0.3 is 0 Å². The summed E-state index contributed by atoms with van der Waals surface area (Å²) in [5.74, 6) is 0.865. The van der Waals surface area contributed by atoms with Crippen molar-refractivity contribution in [3.63, 3.8) is 0 Å². The van der Waals surface area contributed by atoms with Gasteiger partial charge in [0.2, 0.25) is 17.6 Å². The van der Waals surface area contributed by atoms with E-state index >= 15 is 0 Å². The molecule has 7 rings (SSSR count). The second-order valence-electron chi connectivity index (χ2n) is 10.8. The number of imidazole rings is 1. The van der Waals surface area contributed by atoms with Crippen LogP contribution in [-0.4, -0.2) is 60.9 Å². The number of rotatable bonds is 4. The van der Waals surface area contributed by atoms with Gasteiger partial charge in [0, 0.05) is 68.5 Å². The van der Waals surface area contributed by atoms with E-state index in [2.05, 4.69) is 37.3 Å². The fourth-order valence-electron chi connectivity index (χ4n) is 5.94. The molecule has 2 aliphatic rings. The first-order chi connectivity index (χ1) is 19.8. The Morgan fingerprint density at radius 1 is 1.00 bits per heavy atom. The number of benzene rings is 2. The van der Waals surface area contributed by atoms with Crippen LogP contribution in [0.5, 0.6) is 0 Å². The number of hydrogen-bond acceptors (Lipinski definition) is 7. The first-order valence-corrected chi connectivity index (χ1v) is 14.1. The van der Waals surface area contributed by atoms with Gasteiger partial charge in [-0.15, -0.1) is 0 Å². The lowest BCUT2D eigenvalue weighted by Gasteiger charge is -2.54. The number of anilines is 3. The molecule has 1 spiro atoms. The van der Waals surface area contributed by atoms with Crippen molar-refractivity contribution < 1.29 is 4.79 Å². The molecule has 41 heavy (non-hydrogen) atoms. The number of amides is 1. The Bertz CT molecular complexity index is 1850. The minimum atomic E-state index is -0.371. The molecule has 0 unspecified atom stereocenters. The summed E-state index contributed by atoms with van der Waals surface area (Å²) in [6.45, 7) is 5.37. The fraction of sp³-hybridized carbons (Fsp3) is 0.276. The van der Waals surface area contributed by atoms with E-state index in [4.69, 9.17) is 23.2 Å². The van der Waals surface area contributed by atoms with Gasteiger partial charge in [-0.25, -0.2) is 14.5 Å². The van der Waals surface area contributed by atoms with Crippen molar-refractivity contribution in [2.24, 2.45) is 5.41 Å². The molecule has 0 atom stereocenters. The topological polar surface area (TPSA) is 101 Å². The predicted octanol–water partition coefficient (Wildman–Crippen LogP) is 4.93. The molecule has 0 saturated carbocycles. The quantitative estimate of drug-likeness (QED) is 0.318. The number of nitrogens with zero attached hydrogens (tertiary/aromatic N) is 7. The molecule has 2 aromatic carbocycles. The largest absolute Gasteiger partial charge is 0.371 e. The predicted molar refractivity (Wildman–Crippen MR) is 160 cm³/mol.